The van der Waals surface area contributed by atoms with Crippen LogP contribution in [-0.2, 0) is 31.4 Å². The fourth-order valence-electron chi connectivity index (χ4n) is 3.33. The van der Waals surface area contributed by atoms with Crippen molar-refractivity contribution in [2.24, 2.45) is 0 Å². The molecule has 3 rings (SSSR count). The van der Waals surface area contributed by atoms with Gasteiger partial charge in [0.25, 0.3) is 0 Å². The predicted octanol–water partition coefficient (Wildman–Crippen LogP) is 3.03. The zero-order valence-corrected chi connectivity index (χ0v) is 21.4. The SMILES string of the molecule is CN(C)S(=O)(=O)c1cccc(-c2cc(CN(C)S(=O)(=O)c3ccc(F)cc3)ccc2OCC(=O)O)c1. The zero-order valence-electron chi connectivity index (χ0n) is 19.8. The molecule has 0 aliphatic rings. The number of sulfonamides is 2. The van der Waals surface area contributed by atoms with Gasteiger partial charge >= 0.3 is 5.97 Å². The predicted molar refractivity (Wildman–Crippen MR) is 131 cm³/mol. The lowest BCUT2D eigenvalue weighted by molar-refractivity contribution is -0.139. The highest BCUT2D eigenvalue weighted by Crippen LogP contribution is 2.33. The van der Waals surface area contributed by atoms with Crippen molar-refractivity contribution >= 4 is 26.0 Å². The molecule has 3 aromatic rings. The number of hydrogen-bond acceptors (Lipinski definition) is 6. The van der Waals surface area contributed by atoms with E-state index in [-0.39, 0.29) is 22.1 Å². The van der Waals surface area contributed by atoms with E-state index >= 15 is 0 Å². The van der Waals surface area contributed by atoms with E-state index in [0.29, 0.717) is 16.7 Å². The fourth-order valence-corrected chi connectivity index (χ4v) is 5.44. The van der Waals surface area contributed by atoms with Crippen molar-refractivity contribution in [3.05, 3.63) is 78.1 Å². The molecule has 9 nitrogen and oxygen atoms in total. The van der Waals surface area contributed by atoms with Gasteiger partial charge in [-0.25, -0.2) is 30.3 Å². The number of carbonyl (C=O) groups is 1. The topological polar surface area (TPSA) is 121 Å². The maximum absolute atomic E-state index is 13.2. The molecule has 3 aromatic carbocycles. The summed E-state index contributed by atoms with van der Waals surface area (Å²) in [5.74, 6) is -1.57. The Bertz CT molecular complexity index is 1470. The highest BCUT2D eigenvalue weighted by molar-refractivity contribution is 7.89. The van der Waals surface area contributed by atoms with Crippen molar-refractivity contribution in [2.45, 2.75) is 16.3 Å². The lowest BCUT2D eigenvalue weighted by Gasteiger charge is -2.19. The largest absolute Gasteiger partial charge is 0.481 e. The highest BCUT2D eigenvalue weighted by atomic mass is 32.2. The smallest absolute Gasteiger partial charge is 0.341 e. The summed E-state index contributed by atoms with van der Waals surface area (Å²) in [5, 5.41) is 9.03. The van der Waals surface area contributed by atoms with Crippen LogP contribution in [-0.4, -0.2) is 64.3 Å². The highest BCUT2D eigenvalue weighted by Gasteiger charge is 2.22. The third kappa shape index (κ3) is 6.08. The molecule has 0 aromatic heterocycles. The first-order valence-corrected chi connectivity index (χ1v) is 13.4. The van der Waals surface area contributed by atoms with Crippen LogP contribution < -0.4 is 4.74 Å². The standard InChI is InChI=1S/C24H25FN2O7S2/c1-26(2)35(30,31)21-6-4-5-18(14-21)22-13-17(7-12-23(22)34-16-24(28)29)15-27(3)36(32,33)20-10-8-19(25)9-11-20/h4-14H,15-16H2,1-3H3,(H,28,29). The van der Waals surface area contributed by atoms with Crippen LogP contribution in [0.5, 0.6) is 5.75 Å². The van der Waals surface area contributed by atoms with Gasteiger partial charge in [0.2, 0.25) is 20.0 Å². The number of ether oxygens (including phenoxy) is 1. The second-order valence-corrected chi connectivity index (χ2v) is 12.2. The summed E-state index contributed by atoms with van der Waals surface area (Å²) in [5.41, 5.74) is 1.35. The molecule has 0 atom stereocenters. The molecule has 0 radical (unpaired) electrons. The van der Waals surface area contributed by atoms with E-state index in [2.05, 4.69) is 0 Å². The summed E-state index contributed by atoms with van der Waals surface area (Å²) >= 11 is 0. The summed E-state index contributed by atoms with van der Waals surface area (Å²) in [6.45, 7) is -0.692. The third-order valence-electron chi connectivity index (χ3n) is 5.25. The summed E-state index contributed by atoms with van der Waals surface area (Å²) in [4.78, 5) is 11.0. The van der Waals surface area contributed by atoms with Crippen molar-refractivity contribution in [3.63, 3.8) is 0 Å². The quantitative estimate of drug-likeness (QED) is 0.423. The number of rotatable bonds is 10. The molecular formula is C24H25FN2O7S2. The number of benzene rings is 3. The van der Waals surface area contributed by atoms with Crippen molar-refractivity contribution < 1.29 is 35.9 Å². The van der Waals surface area contributed by atoms with E-state index in [1.54, 1.807) is 24.3 Å². The molecule has 0 saturated carbocycles. The third-order valence-corrected chi connectivity index (χ3v) is 8.87. The van der Waals surface area contributed by atoms with E-state index in [1.165, 1.54) is 51.5 Å². The molecule has 36 heavy (non-hydrogen) atoms. The van der Waals surface area contributed by atoms with Crippen LogP contribution in [0.25, 0.3) is 11.1 Å². The molecule has 0 heterocycles. The molecule has 12 heteroatoms. The van der Waals surface area contributed by atoms with E-state index in [0.717, 1.165) is 20.7 Å². The van der Waals surface area contributed by atoms with E-state index in [1.807, 2.05) is 0 Å². The Labute approximate surface area is 209 Å². The summed E-state index contributed by atoms with van der Waals surface area (Å²) in [6, 6.07) is 15.2. The number of halogens is 1. The van der Waals surface area contributed by atoms with Crippen LogP contribution in [0.4, 0.5) is 4.39 Å². The summed E-state index contributed by atoms with van der Waals surface area (Å²) in [6.07, 6.45) is 0. The molecule has 1 N–H and O–H groups in total. The Morgan fingerprint density at radius 2 is 1.56 bits per heavy atom. The maximum atomic E-state index is 13.2. The van der Waals surface area contributed by atoms with Gasteiger partial charge in [-0.3, -0.25) is 0 Å². The van der Waals surface area contributed by atoms with Crippen LogP contribution in [0.1, 0.15) is 5.56 Å². The Kier molecular flexibility index (Phi) is 8.14. The van der Waals surface area contributed by atoms with E-state index < -0.39 is 38.4 Å². The lowest BCUT2D eigenvalue weighted by atomic mass is 10.0. The first-order valence-electron chi connectivity index (χ1n) is 10.5. The van der Waals surface area contributed by atoms with Crippen molar-refractivity contribution in [2.75, 3.05) is 27.7 Å². The van der Waals surface area contributed by atoms with Crippen LogP contribution in [0.3, 0.4) is 0 Å². The maximum Gasteiger partial charge on any atom is 0.341 e. The first-order chi connectivity index (χ1) is 16.8. The number of carboxylic acids is 1. The molecule has 0 aliphatic carbocycles. The number of hydrogen-bond donors (Lipinski definition) is 1. The number of nitrogens with zero attached hydrogens (tertiary/aromatic N) is 2. The molecule has 0 spiro atoms. The van der Waals surface area contributed by atoms with Crippen molar-refractivity contribution in [1.29, 1.82) is 0 Å². The van der Waals surface area contributed by atoms with E-state index in [9.17, 15) is 26.0 Å². The number of carboxylic acid groups (broad SMARTS) is 1. The molecule has 0 amide bonds. The Balaban J connectivity index is 2.02. The normalized spacial score (nSPS) is 12.2. The van der Waals surface area contributed by atoms with Gasteiger partial charge in [-0.15, -0.1) is 0 Å². The second kappa shape index (κ2) is 10.7. The second-order valence-electron chi connectivity index (χ2n) is 8.04. The van der Waals surface area contributed by atoms with Crippen LogP contribution in [0, 0.1) is 5.82 Å². The minimum atomic E-state index is -3.93. The Hall–Kier alpha value is -3.32. The molecule has 0 unspecified atom stereocenters. The van der Waals surface area contributed by atoms with Gasteiger partial charge in [-0.1, -0.05) is 18.2 Å². The first kappa shape index (κ1) is 27.3. The lowest BCUT2D eigenvalue weighted by Crippen LogP contribution is -2.26. The molecule has 0 saturated heterocycles. The Morgan fingerprint density at radius 1 is 0.889 bits per heavy atom. The molecule has 0 bridgehead atoms. The van der Waals surface area contributed by atoms with Gasteiger partial charge in [0, 0.05) is 33.3 Å². The number of aliphatic carboxylic acids is 1. The zero-order chi connectivity index (χ0) is 26.7. The average Bonchev–Trinajstić information content (AvgIpc) is 2.83. The van der Waals surface area contributed by atoms with Gasteiger partial charge in [0.15, 0.2) is 6.61 Å². The van der Waals surface area contributed by atoms with E-state index in [4.69, 9.17) is 9.84 Å². The van der Waals surface area contributed by atoms with Crippen LogP contribution >= 0.6 is 0 Å². The van der Waals surface area contributed by atoms with Gasteiger partial charge < -0.3 is 9.84 Å². The van der Waals surface area contributed by atoms with Crippen LogP contribution in [0.2, 0.25) is 0 Å². The molecule has 0 aliphatic heterocycles. The summed E-state index contributed by atoms with van der Waals surface area (Å²) < 4.78 is 71.8. The summed E-state index contributed by atoms with van der Waals surface area (Å²) in [7, 11) is -3.49. The molecular weight excluding hydrogens is 511 g/mol. The average molecular weight is 537 g/mol. The van der Waals surface area contributed by atoms with Gasteiger partial charge in [-0.05, 0) is 59.7 Å². The van der Waals surface area contributed by atoms with Crippen molar-refractivity contribution in [1.82, 2.24) is 8.61 Å². The fraction of sp³-hybridized carbons (Fsp3) is 0.208. The van der Waals surface area contributed by atoms with Crippen molar-refractivity contribution in [3.8, 4) is 16.9 Å². The van der Waals surface area contributed by atoms with Crippen LogP contribution in [0.15, 0.2) is 76.5 Å². The molecule has 192 valence electrons. The van der Waals surface area contributed by atoms with Gasteiger partial charge in [-0.2, -0.15) is 4.31 Å². The monoisotopic (exact) mass is 536 g/mol. The Morgan fingerprint density at radius 3 is 2.17 bits per heavy atom. The minimum absolute atomic E-state index is 0.0237. The minimum Gasteiger partial charge on any atom is -0.481 e. The van der Waals surface area contributed by atoms with Gasteiger partial charge in [0.05, 0.1) is 9.79 Å². The van der Waals surface area contributed by atoms with Gasteiger partial charge in [0.1, 0.15) is 11.6 Å². The molecule has 0 fully saturated rings.